The summed E-state index contributed by atoms with van der Waals surface area (Å²) in [6, 6.07) is 1.86. The van der Waals surface area contributed by atoms with Gasteiger partial charge in [0.05, 0.1) is 24.8 Å². The Morgan fingerprint density at radius 3 is 2.84 bits per heavy atom. The summed E-state index contributed by atoms with van der Waals surface area (Å²) in [6.07, 6.45) is 3.07. The normalized spacial score (nSPS) is 20.3. The van der Waals surface area contributed by atoms with Crippen LogP contribution in [0.15, 0.2) is 18.5 Å². The van der Waals surface area contributed by atoms with Gasteiger partial charge in [0.25, 0.3) is 0 Å². The molecule has 0 unspecified atom stereocenters. The predicted molar refractivity (Wildman–Crippen MR) is 65.4 cm³/mol. The molecule has 0 aromatic carbocycles. The highest BCUT2D eigenvalue weighted by Crippen LogP contribution is 2.39. The number of anilines is 1. The van der Waals surface area contributed by atoms with Gasteiger partial charge in [0.1, 0.15) is 11.4 Å². The molecule has 4 heterocycles. The lowest BCUT2D eigenvalue weighted by atomic mass is 9.78. The van der Waals surface area contributed by atoms with E-state index >= 15 is 0 Å². The molecular formula is C12H12N4O3. The Kier molecular flexibility index (Phi) is 1.95. The molecule has 0 saturated carbocycles. The van der Waals surface area contributed by atoms with Crippen molar-refractivity contribution in [1.29, 1.82) is 0 Å². The number of rotatable bonds is 2. The number of carboxylic acid groups (broad SMARTS) is 1. The van der Waals surface area contributed by atoms with Crippen molar-refractivity contribution in [2.75, 3.05) is 31.2 Å². The second-order valence-electron chi connectivity index (χ2n) is 5.27. The number of hydrogen-bond acceptors (Lipinski definition) is 5. The van der Waals surface area contributed by atoms with Gasteiger partial charge in [-0.05, 0) is 6.07 Å². The first-order valence-electron chi connectivity index (χ1n) is 6.07. The van der Waals surface area contributed by atoms with Crippen LogP contribution in [0.4, 0.5) is 5.82 Å². The topological polar surface area (TPSA) is 80.0 Å². The molecule has 7 heteroatoms. The SMILES string of the molecule is O=C(O)c1cnn2ccc(N3CC4(COC4)C3)nc12. The first-order valence-corrected chi connectivity index (χ1v) is 6.07. The number of fused-ring (bicyclic) bond motifs is 1. The minimum absolute atomic E-state index is 0.129. The van der Waals surface area contributed by atoms with E-state index in [0.29, 0.717) is 11.1 Å². The van der Waals surface area contributed by atoms with Crippen LogP contribution in [0.1, 0.15) is 10.4 Å². The van der Waals surface area contributed by atoms with E-state index in [-0.39, 0.29) is 5.56 Å². The molecule has 2 aliphatic heterocycles. The number of aromatic carboxylic acids is 1. The van der Waals surface area contributed by atoms with Gasteiger partial charge in [0.15, 0.2) is 5.65 Å². The van der Waals surface area contributed by atoms with Gasteiger partial charge in [-0.1, -0.05) is 0 Å². The molecule has 0 bridgehead atoms. The first-order chi connectivity index (χ1) is 9.17. The van der Waals surface area contributed by atoms with Crippen molar-refractivity contribution in [3.63, 3.8) is 0 Å². The largest absolute Gasteiger partial charge is 0.477 e. The maximum absolute atomic E-state index is 11.1. The second kappa shape index (κ2) is 3.45. The van der Waals surface area contributed by atoms with E-state index in [1.165, 1.54) is 10.7 Å². The van der Waals surface area contributed by atoms with Crippen LogP contribution in [-0.2, 0) is 4.74 Å². The summed E-state index contributed by atoms with van der Waals surface area (Å²) in [6.45, 7) is 3.48. The number of carboxylic acids is 1. The molecule has 7 nitrogen and oxygen atoms in total. The average Bonchev–Trinajstić information content (AvgIpc) is 2.68. The molecule has 0 aliphatic carbocycles. The summed E-state index contributed by atoms with van der Waals surface area (Å²) in [4.78, 5) is 17.6. The Labute approximate surface area is 108 Å². The second-order valence-corrected chi connectivity index (χ2v) is 5.27. The molecule has 0 radical (unpaired) electrons. The zero-order valence-electron chi connectivity index (χ0n) is 10.1. The molecule has 98 valence electrons. The fraction of sp³-hybridized carbons (Fsp3) is 0.417. The van der Waals surface area contributed by atoms with Crippen LogP contribution in [0, 0.1) is 5.41 Å². The highest BCUT2D eigenvalue weighted by molar-refractivity contribution is 5.94. The lowest BCUT2D eigenvalue weighted by Gasteiger charge is -2.55. The van der Waals surface area contributed by atoms with Crippen molar-refractivity contribution in [2.24, 2.45) is 5.41 Å². The predicted octanol–water partition coefficient (Wildman–Crippen LogP) is 0.264. The van der Waals surface area contributed by atoms with Gasteiger partial charge < -0.3 is 14.7 Å². The molecule has 4 rings (SSSR count). The van der Waals surface area contributed by atoms with Gasteiger partial charge in [0, 0.05) is 19.3 Å². The molecule has 2 saturated heterocycles. The fourth-order valence-electron chi connectivity index (χ4n) is 2.69. The summed E-state index contributed by atoms with van der Waals surface area (Å²) in [5.41, 5.74) is 0.823. The Morgan fingerprint density at radius 1 is 1.42 bits per heavy atom. The van der Waals surface area contributed by atoms with Gasteiger partial charge in [-0.15, -0.1) is 0 Å². The van der Waals surface area contributed by atoms with E-state index in [4.69, 9.17) is 9.84 Å². The van der Waals surface area contributed by atoms with Crippen LogP contribution >= 0.6 is 0 Å². The quantitative estimate of drug-likeness (QED) is 0.834. The Bertz CT molecular complexity index is 669. The molecule has 2 aromatic heterocycles. The van der Waals surface area contributed by atoms with Crippen molar-refractivity contribution >= 4 is 17.4 Å². The minimum atomic E-state index is -1.01. The van der Waals surface area contributed by atoms with Crippen molar-refractivity contribution in [3.8, 4) is 0 Å². The minimum Gasteiger partial charge on any atom is -0.477 e. The zero-order valence-corrected chi connectivity index (χ0v) is 10.1. The molecule has 1 N–H and O–H groups in total. The standard InChI is InChI=1S/C12H12N4O3/c17-11(18)8-3-13-16-2-1-9(14-10(8)16)15-4-12(5-15)6-19-7-12/h1-3H,4-7H2,(H,17,18). The summed E-state index contributed by atoms with van der Waals surface area (Å²) >= 11 is 0. The molecule has 2 aliphatic rings. The van der Waals surface area contributed by atoms with E-state index in [1.54, 1.807) is 6.20 Å². The van der Waals surface area contributed by atoms with Gasteiger partial charge in [-0.25, -0.2) is 14.3 Å². The zero-order chi connectivity index (χ0) is 13.0. The first kappa shape index (κ1) is 10.7. The van der Waals surface area contributed by atoms with Crippen molar-refractivity contribution in [2.45, 2.75) is 0 Å². The van der Waals surface area contributed by atoms with E-state index in [0.717, 1.165) is 32.1 Å². The van der Waals surface area contributed by atoms with Crippen LogP contribution in [-0.4, -0.2) is 52.0 Å². The molecule has 1 spiro atoms. The van der Waals surface area contributed by atoms with Crippen molar-refractivity contribution in [1.82, 2.24) is 14.6 Å². The van der Waals surface area contributed by atoms with E-state index in [2.05, 4.69) is 15.0 Å². The maximum atomic E-state index is 11.1. The van der Waals surface area contributed by atoms with Crippen molar-refractivity contribution in [3.05, 3.63) is 24.0 Å². The van der Waals surface area contributed by atoms with Gasteiger partial charge in [-0.2, -0.15) is 5.10 Å². The van der Waals surface area contributed by atoms with Crippen LogP contribution in [0.2, 0.25) is 0 Å². The third-order valence-corrected chi connectivity index (χ3v) is 3.78. The molecular weight excluding hydrogens is 248 g/mol. The Morgan fingerprint density at radius 2 is 2.21 bits per heavy atom. The van der Waals surface area contributed by atoms with Gasteiger partial charge >= 0.3 is 5.97 Å². The van der Waals surface area contributed by atoms with Crippen LogP contribution in [0.5, 0.6) is 0 Å². The molecule has 0 atom stereocenters. The fourth-order valence-corrected chi connectivity index (χ4v) is 2.69. The van der Waals surface area contributed by atoms with E-state index < -0.39 is 5.97 Å². The lowest BCUT2D eigenvalue weighted by Crippen LogP contribution is -2.66. The molecule has 2 aromatic rings. The third-order valence-electron chi connectivity index (χ3n) is 3.78. The highest BCUT2D eigenvalue weighted by atomic mass is 16.5. The number of ether oxygens (including phenoxy) is 1. The van der Waals surface area contributed by atoms with Crippen LogP contribution in [0.3, 0.4) is 0 Å². The van der Waals surface area contributed by atoms with Gasteiger partial charge in [-0.3, -0.25) is 0 Å². The summed E-state index contributed by atoms with van der Waals surface area (Å²) < 4.78 is 6.71. The van der Waals surface area contributed by atoms with E-state index in [9.17, 15) is 4.79 Å². The number of nitrogens with zero attached hydrogens (tertiary/aromatic N) is 4. The van der Waals surface area contributed by atoms with E-state index in [1.807, 2.05) is 6.07 Å². The summed E-state index contributed by atoms with van der Waals surface area (Å²) in [5.74, 6) is -0.208. The maximum Gasteiger partial charge on any atom is 0.341 e. The average molecular weight is 260 g/mol. The summed E-state index contributed by atoms with van der Waals surface area (Å²) in [7, 11) is 0. The number of aromatic nitrogens is 3. The Balaban J connectivity index is 1.68. The molecule has 0 amide bonds. The smallest absolute Gasteiger partial charge is 0.341 e. The summed E-state index contributed by atoms with van der Waals surface area (Å²) in [5, 5.41) is 13.1. The number of carbonyl (C=O) groups is 1. The molecule has 19 heavy (non-hydrogen) atoms. The van der Waals surface area contributed by atoms with Crippen molar-refractivity contribution < 1.29 is 14.6 Å². The van der Waals surface area contributed by atoms with Crippen LogP contribution in [0.25, 0.3) is 5.65 Å². The number of hydrogen-bond donors (Lipinski definition) is 1. The monoisotopic (exact) mass is 260 g/mol. The van der Waals surface area contributed by atoms with Gasteiger partial charge in [0.2, 0.25) is 0 Å². The highest BCUT2D eigenvalue weighted by Gasteiger charge is 2.49. The van der Waals surface area contributed by atoms with Crippen LogP contribution < -0.4 is 4.90 Å². The lowest BCUT2D eigenvalue weighted by molar-refractivity contribution is -0.127. The Hall–Kier alpha value is -2.15. The third kappa shape index (κ3) is 1.45. The molecule has 2 fully saturated rings.